The first-order valence-corrected chi connectivity index (χ1v) is 48.1. The minimum atomic E-state index is -1.00. The number of carbonyl (C=O) groups is 6. The van der Waals surface area contributed by atoms with Crippen molar-refractivity contribution >= 4 is 98.4 Å². The van der Waals surface area contributed by atoms with Crippen molar-refractivity contribution in [2.24, 2.45) is 40.0 Å². The van der Waals surface area contributed by atoms with Crippen LogP contribution in [0.15, 0.2) is 98.1 Å². The fourth-order valence-electron chi connectivity index (χ4n) is 16.8. The number of benzene rings is 4. The fourth-order valence-corrected chi connectivity index (χ4v) is 17.2. The number of likely N-dealkylation sites (tertiary alicyclic amines) is 2. The number of β-amino-alcohol motifs (C(OH)–C–C–N with tert-alkyl or cyclic N) is 1. The number of aliphatic hydroxyl groups is 2. The molecule has 4 aromatic carbocycles. The van der Waals surface area contributed by atoms with Gasteiger partial charge in [-0.25, -0.2) is 43.6 Å². The highest BCUT2D eigenvalue weighted by atomic mass is 35.5. The van der Waals surface area contributed by atoms with E-state index in [2.05, 4.69) is 121 Å². The number of amides is 6. The van der Waals surface area contributed by atoms with Crippen molar-refractivity contribution in [2.75, 3.05) is 85.0 Å². The summed E-state index contributed by atoms with van der Waals surface area (Å²) >= 11 is 11.0. The van der Waals surface area contributed by atoms with Crippen LogP contribution in [0.2, 0.25) is 0 Å². The highest BCUT2D eigenvalue weighted by Crippen LogP contribution is 2.35. The number of nitrogens with one attached hydrogen (secondary N) is 3. The Balaban J connectivity index is 0.000000243. The molecule has 12 heterocycles. The third kappa shape index (κ3) is 35.8. The Morgan fingerprint density at radius 2 is 0.867 bits per heavy atom. The molecule has 0 saturated carbocycles. The summed E-state index contributed by atoms with van der Waals surface area (Å²) in [5.41, 5.74) is 19.4. The van der Waals surface area contributed by atoms with Crippen LogP contribution in [0.1, 0.15) is 204 Å². The molecule has 0 radical (unpaired) electrons. The van der Waals surface area contributed by atoms with Crippen LogP contribution >= 0.6 is 62.6 Å². The van der Waals surface area contributed by atoms with Gasteiger partial charge in [-0.1, -0.05) is 45.1 Å². The lowest BCUT2D eigenvalue weighted by Crippen LogP contribution is -2.42. The molecular formula is C99H142Cl3FN24O14S2. The second kappa shape index (κ2) is 57.3. The maximum atomic E-state index is 12.8. The molecule has 143 heavy (non-hydrogen) atoms. The number of aromatic nitrogens is 16. The van der Waals surface area contributed by atoms with Gasteiger partial charge in [-0.15, -0.1) is 56.0 Å². The van der Waals surface area contributed by atoms with Gasteiger partial charge in [0.05, 0.1) is 80.1 Å². The van der Waals surface area contributed by atoms with Crippen molar-refractivity contribution < 1.29 is 73.5 Å². The third-order valence-electron chi connectivity index (χ3n) is 25.0. The molecule has 6 N–H and O–H groups in total. The van der Waals surface area contributed by atoms with E-state index in [4.69, 9.17) is 48.3 Å². The Labute approximate surface area is 868 Å². The summed E-state index contributed by atoms with van der Waals surface area (Å²) in [6.07, 6.45) is 16.3. The largest absolute Gasteiger partial charge is 0.508 e. The van der Waals surface area contributed by atoms with E-state index in [0.29, 0.717) is 81.7 Å². The quantitative estimate of drug-likeness (QED) is 0.0324. The minimum Gasteiger partial charge on any atom is -0.508 e. The Morgan fingerprint density at radius 3 is 1.24 bits per heavy atom. The van der Waals surface area contributed by atoms with Gasteiger partial charge in [0, 0.05) is 145 Å². The van der Waals surface area contributed by atoms with Gasteiger partial charge < -0.3 is 74.6 Å². The summed E-state index contributed by atoms with van der Waals surface area (Å²) in [6, 6.07) is 19.3. The molecule has 44 heteroatoms. The number of phenolic OH excluding ortho intramolecular Hbond substituents is 1. The summed E-state index contributed by atoms with van der Waals surface area (Å²) in [6.45, 7) is 33.7. The van der Waals surface area contributed by atoms with Crippen molar-refractivity contribution in [3.63, 3.8) is 0 Å². The van der Waals surface area contributed by atoms with Crippen molar-refractivity contribution in [1.29, 1.82) is 0 Å². The Bertz CT molecular complexity index is 5800. The lowest BCUT2D eigenvalue weighted by Gasteiger charge is -2.32. The topological polar surface area (TPSA) is 436 Å². The maximum Gasteiger partial charge on any atom is 0.410 e. The number of piperidine rings is 2. The van der Waals surface area contributed by atoms with Gasteiger partial charge in [0.15, 0.2) is 0 Å². The van der Waals surface area contributed by atoms with E-state index in [9.17, 15) is 48.5 Å². The molecule has 6 amide bonds. The van der Waals surface area contributed by atoms with E-state index >= 15 is 0 Å². The monoisotopic (exact) mass is 2080 g/mol. The number of aliphatic hydroxyl groups excluding tert-OH is 2. The van der Waals surface area contributed by atoms with E-state index in [0.717, 1.165) is 201 Å². The van der Waals surface area contributed by atoms with Gasteiger partial charge in [-0.2, -0.15) is 27.0 Å². The number of nitrogens with zero attached hydrogens (tertiary/aromatic N) is 21. The van der Waals surface area contributed by atoms with Crippen molar-refractivity contribution in [2.45, 2.75) is 223 Å². The number of phenols is 1. The van der Waals surface area contributed by atoms with E-state index in [1.165, 1.54) is 46.0 Å². The number of alkyl halides is 3. The maximum absolute atomic E-state index is 12.8. The Kier molecular flexibility index (Phi) is 46.8. The van der Waals surface area contributed by atoms with Crippen molar-refractivity contribution in [3.05, 3.63) is 210 Å². The number of aryl methyl sites for hydroxylation is 4. The second-order valence-corrected chi connectivity index (χ2v) is 38.0. The molecule has 2 atom stereocenters. The van der Waals surface area contributed by atoms with Gasteiger partial charge in [0.1, 0.15) is 78.1 Å². The average molecular weight is 2080 g/mol. The van der Waals surface area contributed by atoms with Crippen molar-refractivity contribution in [1.82, 2.24) is 120 Å². The molecule has 2 saturated heterocycles. The zero-order valence-electron chi connectivity index (χ0n) is 85.7. The van der Waals surface area contributed by atoms with E-state index in [1.54, 1.807) is 85.4 Å². The highest BCUT2D eigenvalue weighted by Gasteiger charge is 2.32. The number of carbonyl (C=O) groups excluding carboxylic acids is 6. The number of hydrogen-bond acceptors (Lipinski definition) is 28. The number of ether oxygens (including phenoxy) is 5. The molecular weight excluding hydrogens is 1940 g/mol. The molecule has 6 aliphatic rings. The molecule has 38 nitrogen and oxygen atoms in total. The first-order valence-electron chi connectivity index (χ1n) is 47.8. The minimum absolute atomic E-state index is 0. The van der Waals surface area contributed by atoms with Crippen LogP contribution in [0.25, 0.3) is 0 Å². The van der Waals surface area contributed by atoms with E-state index in [1.807, 2.05) is 111 Å². The van der Waals surface area contributed by atoms with Gasteiger partial charge in [0.2, 0.25) is 11.8 Å². The molecule has 16 rings (SSSR count). The van der Waals surface area contributed by atoms with Gasteiger partial charge in [-0.3, -0.25) is 33.2 Å². The van der Waals surface area contributed by atoms with Crippen LogP contribution in [0.3, 0.4) is 0 Å². The molecule has 0 bridgehead atoms. The second-order valence-electron chi connectivity index (χ2n) is 37.4. The number of aromatic hydroxyl groups is 1. The lowest BCUT2D eigenvalue weighted by atomic mass is 9.92. The molecule has 0 spiro atoms. The molecule has 10 aromatic rings. The molecule has 0 unspecified atom stereocenters. The SMILES string of the molecule is CC(=O)N1CCC(Cc2cc(C(=O)NC[C@H](O)CCl)ncn2)CC1.CC(=O)N1CCC(Cc2cc(C(=O)NC[C@H](O)CN3CCc4c(ccc(OCc5cnnn5C)c4C)C3)ncn2)CC1.Cc1c(O)ccc2c1CCN(C(=O)OC(C)(C)C)C2.Cc1c(OCc2cnnn2C)ccc2c1CCN(C(=O)OC(C)(C)C)C2.Cc1c(OCc2cnnn2C)ccc2c1CCNC2.Cl.Cn1nncc1CCl.S.S.[2H]CF. The molecule has 6 aliphatic heterocycles. The number of fused-ring (bicyclic) bond motifs is 4. The van der Waals surface area contributed by atoms with Crippen LogP contribution in [0.5, 0.6) is 23.0 Å². The summed E-state index contributed by atoms with van der Waals surface area (Å²) in [7, 11) is 6.37. The molecule has 6 aromatic heterocycles. The smallest absolute Gasteiger partial charge is 0.410 e. The predicted octanol–water partition coefficient (Wildman–Crippen LogP) is 11.2. The van der Waals surface area contributed by atoms with Crippen LogP contribution in [-0.2, 0) is 138 Å². The molecule has 782 valence electrons. The van der Waals surface area contributed by atoms with E-state index in [-0.39, 0.29) is 99.9 Å². The van der Waals surface area contributed by atoms with Crippen LogP contribution < -0.4 is 30.2 Å². The van der Waals surface area contributed by atoms with Gasteiger partial charge >= 0.3 is 12.2 Å². The lowest BCUT2D eigenvalue weighted by molar-refractivity contribution is -0.131. The number of halogens is 4. The predicted molar refractivity (Wildman–Crippen MR) is 552 cm³/mol. The summed E-state index contributed by atoms with van der Waals surface area (Å²) in [5.74, 6) is 3.98. The third-order valence-corrected chi connectivity index (χ3v) is 25.6. The van der Waals surface area contributed by atoms with Crippen LogP contribution in [0.4, 0.5) is 14.0 Å². The van der Waals surface area contributed by atoms with Gasteiger partial charge in [0.25, 0.3) is 11.8 Å². The normalized spacial score (nSPS) is 14.8. The first kappa shape index (κ1) is 117. The average Bonchev–Trinajstić information content (AvgIpc) is 1.10. The summed E-state index contributed by atoms with van der Waals surface area (Å²) < 4.78 is 51.1. The number of rotatable bonds is 23. The highest BCUT2D eigenvalue weighted by molar-refractivity contribution is 7.59. The Morgan fingerprint density at radius 1 is 0.503 bits per heavy atom. The molecule has 2 fully saturated rings. The van der Waals surface area contributed by atoms with Crippen LogP contribution in [0, 0.1) is 39.5 Å². The van der Waals surface area contributed by atoms with E-state index < -0.39 is 30.6 Å². The fraction of sp³-hybridized carbons (Fsp3) is 0.535. The summed E-state index contributed by atoms with van der Waals surface area (Å²) in [4.78, 5) is 98.2. The number of hydrogen-bond donors (Lipinski definition) is 6. The van der Waals surface area contributed by atoms with Crippen molar-refractivity contribution in [3.8, 4) is 23.0 Å². The summed E-state index contributed by atoms with van der Waals surface area (Å²) in [5, 5.41) is 69.2. The zero-order valence-corrected chi connectivity index (χ0v) is 89.1. The van der Waals surface area contributed by atoms with Gasteiger partial charge in [-0.05, 0) is 255 Å². The zero-order chi connectivity index (χ0) is 102. The first-order chi connectivity index (χ1) is 67.3. The standard InChI is InChI=1S/C30H40N8O4.C19H26N4O3.C16H23ClN4O3.C15H21NO3.C14H18N4O.C4H6ClN3.CH3F.ClH.2H2S/c1-20-27-8-9-37(16-23(27)4-5-29(20)42-18-25-14-34-35-36(25)3)17-26(40)15-31-30(41)28-13-24(32-19-33-28)12-22-6-10-38(11-7-22)21(2)39;1-13-16-8-9-23(18(24)26-19(2,3)4)11-14(16)6-7-17(13)25-12-15-10-20-21-22(15)5;1-11(22)21-4-2-12(3-5-21)6-13-7-15(20-10-19-13)16(24)18-9-14(23)8-17;1-10-12-7-8-16(14(18)19-15(2,3)4)9-11(12)5-6-13(10)17;1-10-13-5-6-15-7-11(13)3-4-14(10)19-9-12-8-16-17-18(12)2;1-8-4(2-5)3-6-7-8;1-2;;;/h4-5,13-14,19,22,26,40H,6-12,15-18H2,1-3H3,(H,31,41);6-7,10H,8-9,11-12H2,1-5H3;7,10,12,14,23H,2-6,8-9H2,1H3,(H,18,24);5-6,17H,7-9H2,1-4H3;3-4,8,15H,5-7,9H2,1-2H3;3H,2H2,1H3;1H3;1H;2*1H2/t26-;;14-;;;;;;;/m0.1......./s1/i;;;;;;1D;;;. The van der Waals surface area contributed by atoms with Crippen LogP contribution in [-0.4, -0.2) is 264 Å². The Hall–Kier alpha value is -11.4. The molecule has 0 aliphatic carbocycles.